The first-order valence-electron chi connectivity index (χ1n) is 7.10. The summed E-state index contributed by atoms with van der Waals surface area (Å²) in [7, 11) is 0. The largest absolute Gasteiger partial charge is 0.481 e. The molecule has 106 valence electrons. The van der Waals surface area contributed by atoms with E-state index in [4.69, 9.17) is 10.1 Å². The zero-order valence-electron chi connectivity index (χ0n) is 12.0. The van der Waals surface area contributed by atoms with Crippen LogP contribution in [-0.2, 0) is 16.6 Å². The van der Waals surface area contributed by atoms with Gasteiger partial charge < -0.3 is 5.11 Å². The lowest BCUT2D eigenvalue weighted by atomic mass is 9.89. The van der Waals surface area contributed by atoms with Gasteiger partial charge in [-0.15, -0.1) is 11.3 Å². The number of carbonyl (C=O) groups is 1. The van der Waals surface area contributed by atoms with Crippen molar-refractivity contribution < 1.29 is 9.90 Å². The number of hydrogen-bond acceptors (Lipinski definition) is 3. The van der Waals surface area contributed by atoms with E-state index in [9.17, 15) is 4.79 Å². The van der Waals surface area contributed by atoms with Gasteiger partial charge in [0.25, 0.3) is 0 Å². The summed E-state index contributed by atoms with van der Waals surface area (Å²) in [6.07, 6.45) is 6.42. The maximum atomic E-state index is 11.0. The first-order valence-corrected chi connectivity index (χ1v) is 7.91. The summed E-state index contributed by atoms with van der Waals surface area (Å²) >= 11 is 1.63. The second-order valence-electron chi connectivity index (χ2n) is 6.48. The summed E-state index contributed by atoms with van der Waals surface area (Å²) in [5.74, 6) is -0.202. The topological polar surface area (TPSA) is 50.2 Å². The van der Waals surface area contributed by atoms with Crippen molar-refractivity contribution in [3.8, 4) is 0 Å². The first-order chi connectivity index (χ1) is 8.88. The van der Waals surface area contributed by atoms with Gasteiger partial charge in [-0.2, -0.15) is 0 Å². The highest BCUT2D eigenvalue weighted by Crippen LogP contribution is 2.38. The van der Waals surface area contributed by atoms with Gasteiger partial charge >= 0.3 is 5.97 Å². The van der Waals surface area contributed by atoms with Crippen LogP contribution in [-0.4, -0.2) is 16.1 Å². The fraction of sp³-hybridized carbons (Fsp3) is 0.733. The van der Waals surface area contributed by atoms with Gasteiger partial charge in [-0.1, -0.05) is 40.0 Å². The van der Waals surface area contributed by atoms with Gasteiger partial charge in [0.1, 0.15) is 0 Å². The maximum Gasteiger partial charge on any atom is 0.308 e. The Morgan fingerprint density at radius 1 is 1.32 bits per heavy atom. The Balaban J connectivity index is 2.30. The number of hydrogen-bond donors (Lipinski definition) is 1. The molecule has 0 spiro atoms. The van der Waals surface area contributed by atoms with Crippen LogP contribution < -0.4 is 0 Å². The fourth-order valence-electron chi connectivity index (χ4n) is 2.74. The molecule has 0 bridgehead atoms. The summed E-state index contributed by atoms with van der Waals surface area (Å²) in [6.45, 7) is 6.33. The van der Waals surface area contributed by atoms with Crippen molar-refractivity contribution in [3.05, 3.63) is 15.6 Å². The third-order valence-corrected chi connectivity index (χ3v) is 4.91. The molecular weight excluding hydrogens is 258 g/mol. The second-order valence-corrected chi connectivity index (χ2v) is 7.59. The summed E-state index contributed by atoms with van der Waals surface area (Å²) < 4.78 is 0. The van der Waals surface area contributed by atoms with Gasteiger partial charge in [0.05, 0.1) is 17.1 Å². The number of aliphatic carboxylic acids is 1. The minimum Gasteiger partial charge on any atom is -0.481 e. The van der Waals surface area contributed by atoms with Gasteiger partial charge in [-0.25, -0.2) is 4.98 Å². The minimum atomic E-state index is -0.760. The summed E-state index contributed by atoms with van der Waals surface area (Å²) in [5.41, 5.74) is 0.911. The Morgan fingerprint density at radius 3 is 2.47 bits per heavy atom. The number of thiazole rings is 1. The predicted molar refractivity (Wildman–Crippen MR) is 78.0 cm³/mol. The van der Waals surface area contributed by atoms with Crippen LogP contribution in [0.4, 0.5) is 0 Å². The molecule has 1 aromatic rings. The van der Waals surface area contributed by atoms with Gasteiger partial charge in [-0.3, -0.25) is 4.79 Å². The van der Waals surface area contributed by atoms with E-state index in [1.807, 2.05) is 0 Å². The van der Waals surface area contributed by atoms with E-state index in [1.54, 1.807) is 11.3 Å². The van der Waals surface area contributed by atoms with Crippen LogP contribution in [0.5, 0.6) is 0 Å². The molecule has 0 atom stereocenters. The molecule has 3 nitrogen and oxygen atoms in total. The van der Waals surface area contributed by atoms with E-state index < -0.39 is 5.97 Å². The SMILES string of the molecule is CC(C)(C)c1nc(C2CCCCC2)sc1CC(=O)O. The average Bonchev–Trinajstić information content (AvgIpc) is 2.73. The Hall–Kier alpha value is -0.900. The Bertz CT molecular complexity index is 453. The molecule has 2 rings (SSSR count). The van der Waals surface area contributed by atoms with Crippen molar-refractivity contribution in [1.29, 1.82) is 0 Å². The Labute approximate surface area is 119 Å². The molecule has 4 heteroatoms. The first kappa shape index (κ1) is 14.5. The van der Waals surface area contributed by atoms with E-state index in [0.717, 1.165) is 10.6 Å². The Kier molecular flexibility index (Phi) is 4.29. The third kappa shape index (κ3) is 3.56. The van der Waals surface area contributed by atoms with Crippen molar-refractivity contribution >= 4 is 17.3 Å². The van der Waals surface area contributed by atoms with Gasteiger partial charge in [0.15, 0.2) is 0 Å². The predicted octanol–water partition coefficient (Wildman–Crippen LogP) is 4.12. The van der Waals surface area contributed by atoms with Crippen LogP contribution in [0.1, 0.15) is 74.4 Å². The quantitative estimate of drug-likeness (QED) is 0.906. The minimum absolute atomic E-state index is 0.0752. The highest BCUT2D eigenvalue weighted by atomic mass is 32.1. The molecule has 19 heavy (non-hydrogen) atoms. The van der Waals surface area contributed by atoms with Crippen molar-refractivity contribution in [3.63, 3.8) is 0 Å². The van der Waals surface area contributed by atoms with Crippen LogP contribution in [0.3, 0.4) is 0 Å². The second kappa shape index (κ2) is 5.61. The van der Waals surface area contributed by atoms with Crippen LogP contribution >= 0.6 is 11.3 Å². The number of aromatic nitrogens is 1. The molecule has 0 amide bonds. The third-order valence-electron chi connectivity index (χ3n) is 3.69. The standard InChI is InChI=1S/C15H23NO2S/c1-15(2,3)13-11(9-12(17)18)19-14(16-13)10-7-5-4-6-8-10/h10H,4-9H2,1-3H3,(H,17,18). The van der Waals surface area contributed by atoms with Gasteiger partial charge in [0.2, 0.25) is 0 Å². The summed E-state index contributed by atoms with van der Waals surface area (Å²) in [6, 6.07) is 0. The van der Waals surface area contributed by atoms with E-state index >= 15 is 0 Å². The number of carboxylic acid groups (broad SMARTS) is 1. The van der Waals surface area contributed by atoms with Crippen LogP contribution in [0.25, 0.3) is 0 Å². The summed E-state index contributed by atoms with van der Waals surface area (Å²) in [5, 5.41) is 10.2. The molecule has 1 aliphatic carbocycles. The zero-order chi connectivity index (χ0) is 14.0. The fourth-order valence-corrected chi connectivity index (χ4v) is 4.17. The van der Waals surface area contributed by atoms with Gasteiger partial charge in [-0.05, 0) is 12.8 Å². The molecular formula is C15H23NO2S. The molecule has 0 aliphatic heterocycles. The van der Waals surface area contributed by atoms with E-state index in [1.165, 1.54) is 37.1 Å². The molecule has 0 saturated heterocycles. The molecule has 0 unspecified atom stereocenters. The molecule has 1 heterocycles. The number of nitrogens with zero attached hydrogens (tertiary/aromatic N) is 1. The number of carboxylic acids is 1. The molecule has 1 saturated carbocycles. The van der Waals surface area contributed by atoms with Crippen molar-refractivity contribution in [2.24, 2.45) is 0 Å². The summed E-state index contributed by atoms with van der Waals surface area (Å²) in [4.78, 5) is 16.8. The van der Waals surface area contributed by atoms with E-state index in [-0.39, 0.29) is 11.8 Å². The molecule has 0 aromatic carbocycles. The molecule has 1 N–H and O–H groups in total. The van der Waals surface area contributed by atoms with Crippen LogP contribution in [0.2, 0.25) is 0 Å². The van der Waals surface area contributed by atoms with Crippen LogP contribution in [0, 0.1) is 0 Å². The molecule has 0 radical (unpaired) electrons. The van der Waals surface area contributed by atoms with E-state index in [0.29, 0.717) is 5.92 Å². The lowest BCUT2D eigenvalue weighted by Gasteiger charge is -2.20. The Morgan fingerprint density at radius 2 is 1.95 bits per heavy atom. The maximum absolute atomic E-state index is 11.0. The lowest BCUT2D eigenvalue weighted by molar-refractivity contribution is -0.136. The lowest BCUT2D eigenvalue weighted by Crippen LogP contribution is -2.16. The van der Waals surface area contributed by atoms with Gasteiger partial charge in [0, 0.05) is 16.2 Å². The van der Waals surface area contributed by atoms with Crippen LogP contribution in [0.15, 0.2) is 0 Å². The number of rotatable bonds is 3. The molecule has 1 fully saturated rings. The van der Waals surface area contributed by atoms with Crippen molar-refractivity contribution in [2.75, 3.05) is 0 Å². The molecule has 1 aromatic heterocycles. The highest BCUT2D eigenvalue weighted by molar-refractivity contribution is 7.12. The zero-order valence-corrected chi connectivity index (χ0v) is 12.8. The van der Waals surface area contributed by atoms with E-state index in [2.05, 4.69) is 20.8 Å². The highest BCUT2D eigenvalue weighted by Gasteiger charge is 2.27. The smallest absolute Gasteiger partial charge is 0.308 e. The van der Waals surface area contributed by atoms with Crippen molar-refractivity contribution in [1.82, 2.24) is 4.98 Å². The molecule has 1 aliphatic rings. The van der Waals surface area contributed by atoms with Crippen molar-refractivity contribution in [2.45, 2.75) is 70.6 Å². The monoisotopic (exact) mass is 281 g/mol. The normalized spacial score (nSPS) is 17.6. The average molecular weight is 281 g/mol.